The molecule has 0 amide bonds. The maximum Gasteiger partial charge on any atom is 0.0445 e. The number of nitrogens with zero attached hydrogens (tertiary/aromatic N) is 1. The van der Waals surface area contributed by atoms with E-state index in [9.17, 15) is 0 Å². The van der Waals surface area contributed by atoms with Gasteiger partial charge in [0.1, 0.15) is 0 Å². The highest BCUT2D eigenvalue weighted by molar-refractivity contribution is 5.15. The van der Waals surface area contributed by atoms with Crippen molar-refractivity contribution in [3.8, 4) is 0 Å². The minimum atomic E-state index is 0.401. The highest BCUT2D eigenvalue weighted by atomic mass is 15.0. The SMILES string of the molecule is CNC(CNC1CC1)c1ccncc1. The molecule has 1 heterocycles. The van der Waals surface area contributed by atoms with Gasteiger partial charge in [-0.25, -0.2) is 0 Å². The van der Waals surface area contributed by atoms with E-state index < -0.39 is 0 Å². The molecule has 0 spiro atoms. The van der Waals surface area contributed by atoms with E-state index in [4.69, 9.17) is 0 Å². The van der Waals surface area contributed by atoms with Gasteiger partial charge in [0, 0.05) is 31.0 Å². The summed E-state index contributed by atoms with van der Waals surface area (Å²) in [6.45, 7) is 1.01. The van der Waals surface area contributed by atoms with Gasteiger partial charge >= 0.3 is 0 Å². The highest BCUT2D eigenvalue weighted by Crippen LogP contribution is 2.20. The smallest absolute Gasteiger partial charge is 0.0445 e. The van der Waals surface area contributed by atoms with E-state index in [0.29, 0.717) is 6.04 Å². The Morgan fingerprint density at radius 1 is 1.43 bits per heavy atom. The first-order valence-electron chi connectivity index (χ1n) is 5.20. The molecule has 1 aliphatic carbocycles. The fourth-order valence-electron chi connectivity index (χ4n) is 1.55. The number of aromatic nitrogens is 1. The normalized spacial score (nSPS) is 18.1. The van der Waals surface area contributed by atoms with Gasteiger partial charge in [0.25, 0.3) is 0 Å². The quantitative estimate of drug-likeness (QED) is 0.731. The third kappa shape index (κ3) is 2.53. The molecule has 0 bridgehead atoms. The van der Waals surface area contributed by atoms with Crippen molar-refractivity contribution in [1.82, 2.24) is 15.6 Å². The van der Waals surface area contributed by atoms with Gasteiger partial charge in [0.15, 0.2) is 0 Å². The van der Waals surface area contributed by atoms with Crippen molar-refractivity contribution < 1.29 is 0 Å². The summed E-state index contributed by atoms with van der Waals surface area (Å²) in [6.07, 6.45) is 6.37. The van der Waals surface area contributed by atoms with Crippen LogP contribution in [0.4, 0.5) is 0 Å². The van der Waals surface area contributed by atoms with E-state index in [0.717, 1.165) is 12.6 Å². The van der Waals surface area contributed by atoms with Crippen LogP contribution in [-0.2, 0) is 0 Å². The Hall–Kier alpha value is -0.930. The number of hydrogen-bond donors (Lipinski definition) is 2. The Morgan fingerprint density at radius 3 is 2.71 bits per heavy atom. The predicted molar refractivity (Wildman–Crippen MR) is 57.1 cm³/mol. The van der Waals surface area contributed by atoms with E-state index in [1.165, 1.54) is 18.4 Å². The Kier molecular flexibility index (Phi) is 3.11. The number of hydrogen-bond acceptors (Lipinski definition) is 3. The number of likely N-dealkylation sites (N-methyl/N-ethyl adjacent to an activating group) is 1. The molecule has 2 rings (SSSR count). The first kappa shape index (κ1) is 9.62. The molecule has 1 aromatic heterocycles. The molecule has 0 radical (unpaired) electrons. The molecular formula is C11H17N3. The lowest BCUT2D eigenvalue weighted by molar-refractivity contribution is 0.526. The van der Waals surface area contributed by atoms with Gasteiger partial charge in [-0.2, -0.15) is 0 Å². The zero-order chi connectivity index (χ0) is 9.80. The summed E-state index contributed by atoms with van der Waals surface area (Å²) in [5, 5.41) is 6.83. The summed E-state index contributed by atoms with van der Waals surface area (Å²) in [4.78, 5) is 4.02. The summed E-state index contributed by atoms with van der Waals surface area (Å²) >= 11 is 0. The summed E-state index contributed by atoms with van der Waals surface area (Å²) in [5.74, 6) is 0. The summed E-state index contributed by atoms with van der Waals surface area (Å²) in [5.41, 5.74) is 1.30. The average molecular weight is 191 g/mol. The first-order chi connectivity index (χ1) is 6.90. The van der Waals surface area contributed by atoms with E-state index in [2.05, 4.69) is 27.8 Å². The van der Waals surface area contributed by atoms with Crippen molar-refractivity contribution >= 4 is 0 Å². The Morgan fingerprint density at radius 2 is 2.14 bits per heavy atom. The molecular weight excluding hydrogens is 174 g/mol. The summed E-state index contributed by atoms with van der Waals surface area (Å²) in [7, 11) is 2.00. The van der Waals surface area contributed by atoms with Crippen molar-refractivity contribution in [2.24, 2.45) is 0 Å². The van der Waals surface area contributed by atoms with E-state index in [1.54, 1.807) is 0 Å². The molecule has 1 fully saturated rings. The molecule has 0 aromatic carbocycles. The summed E-state index contributed by atoms with van der Waals surface area (Å²) in [6, 6.07) is 5.30. The third-order valence-electron chi connectivity index (χ3n) is 2.64. The molecule has 1 aliphatic rings. The molecule has 1 unspecified atom stereocenters. The van der Waals surface area contributed by atoms with Crippen molar-refractivity contribution in [2.45, 2.75) is 24.9 Å². The second-order valence-electron chi connectivity index (χ2n) is 3.80. The second kappa shape index (κ2) is 4.53. The van der Waals surface area contributed by atoms with Crippen LogP contribution in [0.15, 0.2) is 24.5 Å². The molecule has 1 aromatic rings. The van der Waals surface area contributed by atoms with Crippen LogP contribution in [0.25, 0.3) is 0 Å². The van der Waals surface area contributed by atoms with Gasteiger partial charge in [-0.05, 0) is 37.6 Å². The van der Waals surface area contributed by atoms with Gasteiger partial charge in [0.2, 0.25) is 0 Å². The predicted octanol–water partition coefficient (Wildman–Crippen LogP) is 1.09. The molecule has 76 valence electrons. The second-order valence-corrected chi connectivity index (χ2v) is 3.80. The minimum Gasteiger partial charge on any atom is -0.312 e. The number of pyridine rings is 1. The maximum absolute atomic E-state index is 4.02. The zero-order valence-corrected chi connectivity index (χ0v) is 8.53. The van der Waals surface area contributed by atoms with E-state index in [1.807, 2.05) is 19.4 Å². The average Bonchev–Trinajstić information content (AvgIpc) is 3.04. The first-order valence-corrected chi connectivity index (χ1v) is 5.20. The lowest BCUT2D eigenvalue weighted by Crippen LogP contribution is -2.30. The van der Waals surface area contributed by atoms with Crippen molar-refractivity contribution in [3.05, 3.63) is 30.1 Å². The van der Waals surface area contributed by atoms with Gasteiger partial charge in [-0.15, -0.1) is 0 Å². The van der Waals surface area contributed by atoms with Gasteiger partial charge in [0.05, 0.1) is 0 Å². The van der Waals surface area contributed by atoms with Crippen LogP contribution in [0.3, 0.4) is 0 Å². The van der Waals surface area contributed by atoms with Crippen LogP contribution in [0.5, 0.6) is 0 Å². The van der Waals surface area contributed by atoms with Crippen LogP contribution in [0.2, 0.25) is 0 Å². The van der Waals surface area contributed by atoms with Crippen molar-refractivity contribution in [1.29, 1.82) is 0 Å². The minimum absolute atomic E-state index is 0.401. The molecule has 3 nitrogen and oxygen atoms in total. The molecule has 0 saturated heterocycles. The van der Waals surface area contributed by atoms with Crippen molar-refractivity contribution in [3.63, 3.8) is 0 Å². The molecule has 3 heteroatoms. The lowest BCUT2D eigenvalue weighted by atomic mass is 10.1. The van der Waals surface area contributed by atoms with Crippen molar-refractivity contribution in [2.75, 3.05) is 13.6 Å². The standard InChI is InChI=1S/C11H17N3/c1-12-11(8-14-10-2-3-10)9-4-6-13-7-5-9/h4-7,10-12,14H,2-3,8H2,1H3. The van der Waals surface area contributed by atoms with Gasteiger partial charge in [-0.3, -0.25) is 4.98 Å². The highest BCUT2D eigenvalue weighted by Gasteiger charge is 2.21. The Bertz CT molecular complexity index is 269. The fraction of sp³-hybridized carbons (Fsp3) is 0.545. The zero-order valence-electron chi connectivity index (χ0n) is 8.53. The van der Waals surface area contributed by atoms with Gasteiger partial charge in [-0.1, -0.05) is 0 Å². The topological polar surface area (TPSA) is 37.0 Å². The van der Waals surface area contributed by atoms with Crippen LogP contribution >= 0.6 is 0 Å². The molecule has 14 heavy (non-hydrogen) atoms. The number of rotatable bonds is 5. The Balaban J connectivity index is 1.90. The summed E-state index contributed by atoms with van der Waals surface area (Å²) < 4.78 is 0. The largest absolute Gasteiger partial charge is 0.312 e. The lowest BCUT2D eigenvalue weighted by Gasteiger charge is -2.16. The molecule has 1 atom stereocenters. The Labute approximate surface area is 84.9 Å². The van der Waals surface area contributed by atoms with Crippen LogP contribution in [0, 0.1) is 0 Å². The van der Waals surface area contributed by atoms with Crippen LogP contribution < -0.4 is 10.6 Å². The molecule has 1 saturated carbocycles. The van der Waals surface area contributed by atoms with Crippen LogP contribution in [0.1, 0.15) is 24.4 Å². The third-order valence-corrected chi connectivity index (χ3v) is 2.64. The number of nitrogens with one attached hydrogen (secondary N) is 2. The molecule has 2 N–H and O–H groups in total. The van der Waals surface area contributed by atoms with Crippen LogP contribution in [-0.4, -0.2) is 24.6 Å². The fourth-order valence-corrected chi connectivity index (χ4v) is 1.55. The molecule has 0 aliphatic heterocycles. The van der Waals surface area contributed by atoms with E-state index >= 15 is 0 Å². The monoisotopic (exact) mass is 191 g/mol. The van der Waals surface area contributed by atoms with Gasteiger partial charge < -0.3 is 10.6 Å². The van der Waals surface area contributed by atoms with E-state index in [-0.39, 0.29) is 0 Å². The maximum atomic E-state index is 4.02.